The fourth-order valence-corrected chi connectivity index (χ4v) is 4.78. The summed E-state index contributed by atoms with van der Waals surface area (Å²) in [6, 6.07) is 14.8. The van der Waals surface area contributed by atoms with E-state index in [1.54, 1.807) is 30.6 Å². The number of hydrogen-bond acceptors (Lipinski definition) is 5. The van der Waals surface area contributed by atoms with Gasteiger partial charge in [-0.15, -0.1) is 0 Å². The Morgan fingerprint density at radius 3 is 2.70 bits per heavy atom. The van der Waals surface area contributed by atoms with Gasteiger partial charge in [0, 0.05) is 41.3 Å². The summed E-state index contributed by atoms with van der Waals surface area (Å²) >= 11 is 0. The Balaban J connectivity index is 1.39. The summed E-state index contributed by atoms with van der Waals surface area (Å²) in [7, 11) is 0. The first-order valence-corrected chi connectivity index (χ1v) is 12.1. The molecule has 0 radical (unpaired) electrons. The van der Waals surface area contributed by atoms with Gasteiger partial charge in [0.2, 0.25) is 0 Å². The van der Waals surface area contributed by atoms with E-state index >= 15 is 0 Å². The number of fused-ring (bicyclic) bond motifs is 1. The average Bonchev–Trinajstić information content (AvgIpc) is 3.49. The molecule has 0 unspecified atom stereocenters. The van der Waals surface area contributed by atoms with Gasteiger partial charge >= 0.3 is 0 Å². The van der Waals surface area contributed by atoms with E-state index in [2.05, 4.69) is 43.8 Å². The van der Waals surface area contributed by atoms with Crippen molar-refractivity contribution in [3.8, 4) is 22.6 Å². The molecule has 0 amide bonds. The topological polar surface area (TPSA) is 99.5 Å². The third-order valence-electron chi connectivity index (χ3n) is 6.71. The zero-order valence-electron chi connectivity index (χ0n) is 20.4. The Morgan fingerprint density at radius 1 is 1.14 bits per heavy atom. The number of aromatic amines is 2. The highest BCUT2D eigenvalue weighted by Crippen LogP contribution is 2.34. The number of aromatic nitrogens is 5. The van der Waals surface area contributed by atoms with E-state index in [1.165, 1.54) is 12.1 Å². The summed E-state index contributed by atoms with van der Waals surface area (Å²) in [5, 5.41) is 8.73. The molecular formula is C29H26FN7. The van der Waals surface area contributed by atoms with Crippen molar-refractivity contribution in [1.82, 2.24) is 25.1 Å². The van der Waals surface area contributed by atoms with Crippen LogP contribution in [0.2, 0.25) is 0 Å². The molecule has 1 saturated heterocycles. The molecule has 0 aliphatic carbocycles. The SMILES string of the molecule is C=C/C=C(/c1ccc(F)cc1)c1cc(-c2n[nH]c3ccc(-c4cncc(N5CC(N)C5)n4)cc23)[nH]c1C. The third kappa shape index (κ3) is 4.21. The lowest BCUT2D eigenvalue weighted by molar-refractivity contribution is 0.514. The summed E-state index contributed by atoms with van der Waals surface area (Å²) in [6.07, 6.45) is 7.22. The summed E-state index contributed by atoms with van der Waals surface area (Å²) < 4.78 is 13.5. The van der Waals surface area contributed by atoms with E-state index in [9.17, 15) is 4.39 Å². The third-order valence-corrected chi connectivity index (χ3v) is 6.71. The van der Waals surface area contributed by atoms with Gasteiger partial charge in [-0.1, -0.05) is 36.9 Å². The van der Waals surface area contributed by atoms with Crippen LogP contribution in [-0.2, 0) is 0 Å². The molecule has 7 nitrogen and oxygen atoms in total. The average molecular weight is 492 g/mol. The summed E-state index contributed by atoms with van der Waals surface area (Å²) in [5.74, 6) is 0.564. The van der Waals surface area contributed by atoms with Crippen molar-refractivity contribution in [3.63, 3.8) is 0 Å². The Kier molecular flexibility index (Phi) is 5.65. The largest absolute Gasteiger partial charge is 0.357 e. The molecule has 0 spiro atoms. The van der Waals surface area contributed by atoms with Crippen molar-refractivity contribution in [2.45, 2.75) is 13.0 Å². The lowest BCUT2D eigenvalue weighted by Gasteiger charge is -2.37. The van der Waals surface area contributed by atoms with E-state index < -0.39 is 0 Å². The number of allylic oxidation sites excluding steroid dienone is 2. The van der Waals surface area contributed by atoms with Crippen LogP contribution in [0.4, 0.5) is 10.2 Å². The Bertz CT molecular complexity index is 1640. The maximum absolute atomic E-state index is 13.5. The summed E-state index contributed by atoms with van der Waals surface area (Å²) in [4.78, 5) is 14.8. The molecule has 1 fully saturated rings. The molecule has 1 aliphatic rings. The predicted octanol–water partition coefficient (Wildman–Crippen LogP) is 5.23. The first-order chi connectivity index (χ1) is 18.0. The molecule has 4 N–H and O–H groups in total. The second kappa shape index (κ2) is 9.15. The van der Waals surface area contributed by atoms with Crippen LogP contribution in [0.3, 0.4) is 0 Å². The number of H-pyrrole nitrogens is 2. The van der Waals surface area contributed by atoms with Crippen molar-refractivity contribution < 1.29 is 4.39 Å². The molecule has 0 saturated carbocycles. The molecule has 6 rings (SSSR count). The minimum Gasteiger partial charge on any atom is -0.357 e. The summed E-state index contributed by atoms with van der Waals surface area (Å²) in [6.45, 7) is 7.46. The Morgan fingerprint density at radius 2 is 1.95 bits per heavy atom. The number of benzene rings is 2. The highest BCUT2D eigenvalue weighted by Gasteiger charge is 2.24. The zero-order valence-corrected chi connectivity index (χ0v) is 20.4. The number of aryl methyl sites for hydroxylation is 1. The van der Waals surface area contributed by atoms with Crippen LogP contribution in [0.15, 0.2) is 79.7 Å². The number of anilines is 1. The molecule has 1 aliphatic heterocycles. The zero-order chi connectivity index (χ0) is 25.5. The second-order valence-corrected chi connectivity index (χ2v) is 9.30. The van der Waals surface area contributed by atoms with Gasteiger partial charge in [0.1, 0.15) is 17.3 Å². The first kappa shape index (κ1) is 22.9. The van der Waals surface area contributed by atoms with Crippen LogP contribution < -0.4 is 10.6 Å². The maximum Gasteiger partial charge on any atom is 0.147 e. The van der Waals surface area contributed by atoms with Crippen molar-refractivity contribution >= 4 is 22.3 Å². The Hall–Kier alpha value is -4.56. The molecule has 3 aromatic heterocycles. The fourth-order valence-electron chi connectivity index (χ4n) is 4.78. The normalized spacial score (nSPS) is 14.2. The minimum atomic E-state index is -0.268. The van der Waals surface area contributed by atoms with Gasteiger partial charge in [0.25, 0.3) is 0 Å². The number of halogens is 1. The van der Waals surface area contributed by atoms with E-state index in [0.717, 1.165) is 74.8 Å². The van der Waals surface area contributed by atoms with Gasteiger partial charge in [-0.2, -0.15) is 5.10 Å². The number of rotatable bonds is 6. The van der Waals surface area contributed by atoms with Crippen LogP contribution in [0.1, 0.15) is 16.8 Å². The van der Waals surface area contributed by atoms with Crippen LogP contribution >= 0.6 is 0 Å². The molecule has 184 valence electrons. The quantitative estimate of drug-likeness (QED) is 0.283. The van der Waals surface area contributed by atoms with Gasteiger partial charge in [-0.25, -0.2) is 9.37 Å². The van der Waals surface area contributed by atoms with E-state index in [-0.39, 0.29) is 11.9 Å². The molecule has 5 aromatic rings. The lowest BCUT2D eigenvalue weighted by atomic mass is 9.97. The van der Waals surface area contributed by atoms with Crippen molar-refractivity contribution in [2.75, 3.05) is 18.0 Å². The molecule has 2 aromatic carbocycles. The molecule has 8 heteroatoms. The molecular weight excluding hydrogens is 465 g/mol. The number of nitrogens with one attached hydrogen (secondary N) is 2. The molecule has 0 atom stereocenters. The van der Waals surface area contributed by atoms with Gasteiger partial charge in [0.15, 0.2) is 0 Å². The number of hydrogen-bond donors (Lipinski definition) is 3. The van der Waals surface area contributed by atoms with E-state index in [1.807, 2.05) is 25.1 Å². The number of nitrogens with zero attached hydrogens (tertiary/aromatic N) is 4. The first-order valence-electron chi connectivity index (χ1n) is 12.1. The predicted molar refractivity (Wildman–Crippen MR) is 146 cm³/mol. The highest BCUT2D eigenvalue weighted by atomic mass is 19.1. The minimum absolute atomic E-state index is 0.189. The van der Waals surface area contributed by atoms with Crippen LogP contribution in [0, 0.1) is 12.7 Å². The lowest BCUT2D eigenvalue weighted by Crippen LogP contribution is -2.56. The maximum atomic E-state index is 13.5. The standard InChI is InChI=1S/C29H26FN7/c1-3-4-22(18-5-8-20(30)9-6-18)23-12-26(33-17(23)2)29-24-11-19(7-10-25(24)35-36-29)27-13-32-14-28(34-27)37-15-21(31)16-37/h3-14,21,33H,1,15-16,31H2,2H3,(H,35,36)/b22-4-. The molecule has 4 heterocycles. The van der Waals surface area contributed by atoms with Gasteiger partial charge in [0.05, 0.1) is 29.3 Å². The van der Waals surface area contributed by atoms with E-state index in [4.69, 9.17) is 10.7 Å². The number of nitrogens with two attached hydrogens (primary N) is 1. The molecule has 37 heavy (non-hydrogen) atoms. The highest BCUT2D eigenvalue weighted by molar-refractivity contribution is 5.96. The Labute approximate surface area is 213 Å². The van der Waals surface area contributed by atoms with Gasteiger partial charge in [-0.05, 0) is 48.4 Å². The monoisotopic (exact) mass is 491 g/mol. The van der Waals surface area contributed by atoms with E-state index in [0.29, 0.717) is 0 Å². The molecule has 0 bridgehead atoms. The van der Waals surface area contributed by atoms with Crippen LogP contribution in [0.5, 0.6) is 0 Å². The van der Waals surface area contributed by atoms with Crippen molar-refractivity contribution in [1.29, 1.82) is 0 Å². The second-order valence-electron chi connectivity index (χ2n) is 9.30. The fraction of sp³-hybridized carbons (Fsp3) is 0.138. The van der Waals surface area contributed by atoms with Gasteiger partial charge in [-0.3, -0.25) is 10.1 Å². The van der Waals surface area contributed by atoms with Crippen molar-refractivity contribution in [2.24, 2.45) is 5.73 Å². The van der Waals surface area contributed by atoms with Crippen LogP contribution in [0.25, 0.3) is 39.1 Å². The van der Waals surface area contributed by atoms with Gasteiger partial charge < -0.3 is 15.6 Å². The van der Waals surface area contributed by atoms with Crippen molar-refractivity contribution in [3.05, 3.63) is 102 Å². The van der Waals surface area contributed by atoms with Crippen LogP contribution in [-0.4, -0.2) is 44.3 Å². The smallest absolute Gasteiger partial charge is 0.147 e. The summed E-state index contributed by atoms with van der Waals surface area (Å²) in [5.41, 5.74) is 14.1.